The van der Waals surface area contributed by atoms with Gasteiger partial charge in [-0.2, -0.15) is 0 Å². The average molecular weight is 277 g/mol. The van der Waals surface area contributed by atoms with Gasteiger partial charge in [-0.25, -0.2) is 13.1 Å². The molecule has 0 saturated carbocycles. The quantitative estimate of drug-likeness (QED) is 0.718. The highest BCUT2D eigenvalue weighted by atomic mass is 32.2. The summed E-state index contributed by atoms with van der Waals surface area (Å²) in [6, 6.07) is -0.485. The number of rotatable bonds is 5. The van der Waals surface area contributed by atoms with Crippen LogP contribution in [0, 0.1) is 0 Å². The number of carbonyl (C=O) groups is 1. The van der Waals surface area contributed by atoms with E-state index in [1.807, 2.05) is 6.92 Å². The molecule has 0 aromatic carbocycles. The van der Waals surface area contributed by atoms with E-state index in [0.29, 0.717) is 32.4 Å². The molecule has 1 amide bonds. The van der Waals surface area contributed by atoms with Crippen molar-refractivity contribution in [1.82, 2.24) is 9.62 Å². The molecular formula is C11H23N3O3S. The smallest absolute Gasteiger partial charge is 0.239 e. The largest absolute Gasteiger partial charge is 0.341 e. The van der Waals surface area contributed by atoms with Gasteiger partial charge < -0.3 is 10.6 Å². The molecule has 0 radical (unpaired) electrons. The van der Waals surface area contributed by atoms with E-state index in [1.54, 1.807) is 4.90 Å². The van der Waals surface area contributed by atoms with E-state index in [9.17, 15) is 13.2 Å². The number of likely N-dealkylation sites (tertiary alicyclic amines) is 1. The van der Waals surface area contributed by atoms with Gasteiger partial charge in [-0.3, -0.25) is 4.79 Å². The lowest BCUT2D eigenvalue weighted by Crippen LogP contribution is -2.50. The molecule has 0 aliphatic carbocycles. The van der Waals surface area contributed by atoms with Crippen LogP contribution in [0.15, 0.2) is 0 Å². The number of hydrogen-bond acceptors (Lipinski definition) is 4. The zero-order valence-electron chi connectivity index (χ0n) is 11.1. The molecule has 1 saturated heterocycles. The molecule has 7 heteroatoms. The number of amides is 1. The summed E-state index contributed by atoms with van der Waals surface area (Å²) >= 11 is 0. The van der Waals surface area contributed by atoms with Crippen molar-refractivity contribution in [3.05, 3.63) is 0 Å². The molecule has 1 aliphatic rings. The van der Waals surface area contributed by atoms with Crippen molar-refractivity contribution < 1.29 is 13.2 Å². The Bertz CT molecular complexity index is 375. The number of nitrogens with one attached hydrogen (secondary N) is 1. The van der Waals surface area contributed by atoms with E-state index in [1.165, 1.54) is 0 Å². The Kier molecular flexibility index (Phi) is 5.55. The lowest BCUT2D eigenvalue weighted by Gasteiger charge is -2.33. The number of hydrogen-bond donors (Lipinski definition) is 2. The van der Waals surface area contributed by atoms with Crippen molar-refractivity contribution in [2.24, 2.45) is 5.73 Å². The number of nitrogens with zero attached hydrogens (tertiary/aromatic N) is 1. The minimum atomic E-state index is -3.16. The molecule has 106 valence electrons. The predicted molar refractivity (Wildman–Crippen MR) is 70.5 cm³/mol. The summed E-state index contributed by atoms with van der Waals surface area (Å²) in [6.45, 7) is 3.14. The molecule has 0 unspecified atom stereocenters. The van der Waals surface area contributed by atoms with E-state index < -0.39 is 16.1 Å². The molecule has 1 fully saturated rings. The van der Waals surface area contributed by atoms with Crippen LogP contribution < -0.4 is 10.5 Å². The average Bonchev–Trinajstić information content (AvgIpc) is 2.27. The first-order valence-corrected chi connectivity index (χ1v) is 8.24. The maximum atomic E-state index is 11.9. The molecule has 1 rings (SSSR count). The van der Waals surface area contributed by atoms with Crippen LogP contribution in [0.2, 0.25) is 0 Å². The Hall–Kier alpha value is -0.660. The lowest BCUT2D eigenvalue weighted by atomic mass is 10.0. The predicted octanol–water partition coefficient (Wildman–Crippen LogP) is -0.346. The summed E-state index contributed by atoms with van der Waals surface area (Å²) in [7, 11) is -3.16. The van der Waals surface area contributed by atoms with E-state index in [4.69, 9.17) is 5.73 Å². The zero-order valence-corrected chi connectivity index (χ0v) is 11.9. The van der Waals surface area contributed by atoms with Crippen LogP contribution in [0.25, 0.3) is 0 Å². The fraction of sp³-hybridized carbons (Fsp3) is 0.909. The van der Waals surface area contributed by atoms with Gasteiger partial charge in [0.25, 0.3) is 0 Å². The number of nitrogens with two attached hydrogens (primary N) is 1. The highest BCUT2D eigenvalue weighted by molar-refractivity contribution is 7.88. The Balaban J connectivity index is 2.42. The molecule has 0 spiro atoms. The maximum Gasteiger partial charge on any atom is 0.239 e. The SMILES string of the molecule is CCC[C@H](N)C(=O)N1CCC(NS(C)(=O)=O)CC1. The van der Waals surface area contributed by atoms with Crippen LogP contribution in [0.5, 0.6) is 0 Å². The van der Waals surface area contributed by atoms with Gasteiger partial charge in [0.05, 0.1) is 12.3 Å². The van der Waals surface area contributed by atoms with Crippen molar-refractivity contribution in [3.63, 3.8) is 0 Å². The normalized spacial score (nSPS) is 19.8. The third-order valence-electron chi connectivity index (χ3n) is 3.10. The van der Waals surface area contributed by atoms with Crippen molar-refractivity contribution in [1.29, 1.82) is 0 Å². The minimum Gasteiger partial charge on any atom is -0.341 e. The van der Waals surface area contributed by atoms with Crippen molar-refractivity contribution in [3.8, 4) is 0 Å². The molecule has 0 aromatic rings. The minimum absolute atomic E-state index is 0.0188. The monoisotopic (exact) mass is 277 g/mol. The molecule has 6 nitrogen and oxygen atoms in total. The number of carbonyl (C=O) groups excluding carboxylic acids is 1. The van der Waals surface area contributed by atoms with Gasteiger partial charge in [0.1, 0.15) is 0 Å². The Labute approximate surface area is 109 Å². The van der Waals surface area contributed by atoms with Crippen LogP contribution in [0.4, 0.5) is 0 Å². The first-order chi connectivity index (χ1) is 8.33. The summed E-state index contributed by atoms with van der Waals surface area (Å²) in [4.78, 5) is 13.7. The topological polar surface area (TPSA) is 92.5 Å². The van der Waals surface area contributed by atoms with Gasteiger partial charge in [-0.1, -0.05) is 13.3 Å². The summed E-state index contributed by atoms with van der Waals surface area (Å²) in [5.74, 6) is -0.0188. The van der Waals surface area contributed by atoms with Crippen LogP contribution in [0.1, 0.15) is 32.6 Å². The Morgan fingerprint density at radius 2 is 2.00 bits per heavy atom. The summed E-state index contributed by atoms with van der Waals surface area (Å²) in [5, 5.41) is 0. The molecular weight excluding hydrogens is 254 g/mol. The van der Waals surface area contributed by atoms with Gasteiger partial charge in [0.15, 0.2) is 0 Å². The van der Waals surface area contributed by atoms with Gasteiger partial charge in [0, 0.05) is 19.1 Å². The second kappa shape index (κ2) is 6.49. The van der Waals surface area contributed by atoms with Gasteiger partial charge in [-0.05, 0) is 19.3 Å². The van der Waals surface area contributed by atoms with E-state index in [0.717, 1.165) is 12.7 Å². The number of piperidine rings is 1. The maximum absolute atomic E-state index is 11.9. The van der Waals surface area contributed by atoms with Gasteiger partial charge in [0.2, 0.25) is 15.9 Å². The highest BCUT2D eigenvalue weighted by Gasteiger charge is 2.26. The first-order valence-electron chi connectivity index (χ1n) is 6.35. The number of sulfonamides is 1. The van der Waals surface area contributed by atoms with Crippen LogP contribution in [0.3, 0.4) is 0 Å². The molecule has 18 heavy (non-hydrogen) atoms. The van der Waals surface area contributed by atoms with Crippen LogP contribution in [-0.4, -0.2) is 50.7 Å². The second-order valence-corrected chi connectivity index (χ2v) is 6.66. The van der Waals surface area contributed by atoms with Crippen molar-refractivity contribution >= 4 is 15.9 Å². The van der Waals surface area contributed by atoms with Crippen LogP contribution in [-0.2, 0) is 14.8 Å². The van der Waals surface area contributed by atoms with Crippen LogP contribution >= 0.6 is 0 Å². The summed E-state index contributed by atoms with van der Waals surface area (Å²) in [6.07, 6.45) is 4.04. The fourth-order valence-electron chi connectivity index (χ4n) is 2.19. The van der Waals surface area contributed by atoms with E-state index >= 15 is 0 Å². The second-order valence-electron chi connectivity index (χ2n) is 4.88. The third kappa shape index (κ3) is 4.91. The molecule has 0 bridgehead atoms. The fourth-order valence-corrected chi connectivity index (χ4v) is 3.03. The van der Waals surface area contributed by atoms with Crippen molar-refractivity contribution in [2.45, 2.75) is 44.7 Å². The molecule has 0 aromatic heterocycles. The summed E-state index contributed by atoms with van der Waals surface area (Å²) < 4.78 is 24.8. The Morgan fingerprint density at radius 3 is 2.44 bits per heavy atom. The van der Waals surface area contributed by atoms with E-state index in [2.05, 4.69) is 4.72 Å². The molecule has 1 atom stereocenters. The zero-order chi connectivity index (χ0) is 13.8. The van der Waals surface area contributed by atoms with Gasteiger partial charge >= 0.3 is 0 Å². The standard InChI is InChI=1S/C11H23N3O3S/c1-3-4-10(12)11(15)14-7-5-9(6-8-14)13-18(2,16)17/h9-10,13H,3-8,12H2,1-2H3/t10-/m0/s1. The molecule has 1 aliphatic heterocycles. The highest BCUT2D eigenvalue weighted by Crippen LogP contribution is 2.12. The lowest BCUT2D eigenvalue weighted by molar-refractivity contribution is -0.133. The third-order valence-corrected chi connectivity index (χ3v) is 3.87. The van der Waals surface area contributed by atoms with Crippen molar-refractivity contribution in [2.75, 3.05) is 19.3 Å². The van der Waals surface area contributed by atoms with E-state index in [-0.39, 0.29) is 11.9 Å². The first kappa shape index (κ1) is 15.4. The Morgan fingerprint density at radius 1 is 1.44 bits per heavy atom. The molecule has 3 N–H and O–H groups in total. The molecule has 1 heterocycles. The van der Waals surface area contributed by atoms with Gasteiger partial charge in [-0.15, -0.1) is 0 Å². The summed E-state index contributed by atoms with van der Waals surface area (Å²) in [5.41, 5.74) is 5.79.